The first-order valence-corrected chi connectivity index (χ1v) is 4.38. The molecule has 1 aromatic rings. The summed E-state index contributed by atoms with van der Waals surface area (Å²) in [5, 5.41) is 4.18. The summed E-state index contributed by atoms with van der Waals surface area (Å²) < 4.78 is 2.84. The second kappa shape index (κ2) is 3.39. The minimum atomic E-state index is 0.466. The number of aryl methyl sites for hydroxylation is 1. The van der Waals surface area contributed by atoms with Crippen LogP contribution in [0, 0.1) is 0 Å². The molecule has 0 aromatic carbocycles. The zero-order valence-electron chi connectivity index (χ0n) is 5.64. The molecule has 0 fully saturated rings. The monoisotopic (exact) mass is 222 g/mol. The maximum Gasteiger partial charge on any atom is 0.0914 e. The summed E-state index contributed by atoms with van der Waals surface area (Å²) in [5.74, 6) is 0.466. The summed E-state index contributed by atoms with van der Waals surface area (Å²) in [6.45, 7) is 2.92. The van der Waals surface area contributed by atoms with Gasteiger partial charge in [0.25, 0.3) is 0 Å². The molecule has 2 nitrogen and oxygen atoms in total. The van der Waals surface area contributed by atoms with Crippen molar-refractivity contribution in [2.45, 2.75) is 19.3 Å². The Kier molecular flexibility index (Phi) is 2.74. The Balaban J connectivity index is 2.92. The zero-order valence-corrected chi connectivity index (χ0v) is 7.98. The van der Waals surface area contributed by atoms with E-state index in [2.05, 4.69) is 21.0 Å². The molecule has 0 bridgehead atoms. The second-order valence-corrected chi connectivity index (χ2v) is 3.03. The molecule has 0 aliphatic carbocycles. The van der Waals surface area contributed by atoms with Crippen LogP contribution in [0.2, 0.25) is 0 Å². The largest absolute Gasteiger partial charge is 0.272 e. The van der Waals surface area contributed by atoms with Crippen molar-refractivity contribution < 1.29 is 0 Å². The first kappa shape index (κ1) is 8.08. The van der Waals surface area contributed by atoms with Crippen molar-refractivity contribution in [3.63, 3.8) is 0 Å². The fourth-order valence-corrected chi connectivity index (χ4v) is 1.50. The van der Waals surface area contributed by atoms with E-state index >= 15 is 0 Å². The number of hydrogen-bond acceptors (Lipinski definition) is 1. The van der Waals surface area contributed by atoms with E-state index in [0.29, 0.717) is 5.88 Å². The maximum absolute atomic E-state index is 5.60. The van der Waals surface area contributed by atoms with E-state index in [9.17, 15) is 0 Å². The standard InChI is InChI=1S/C6H8BrClN2/c1-2-10-4-5(7)6(3-8)9-10/h4H,2-3H2,1H3. The molecule has 1 rings (SSSR count). The quantitative estimate of drug-likeness (QED) is 0.704. The van der Waals surface area contributed by atoms with Crippen LogP contribution in [0.25, 0.3) is 0 Å². The topological polar surface area (TPSA) is 17.8 Å². The molecule has 10 heavy (non-hydrogen) atoms. The van der Waals surface area contributed by atoms with Crippen LogP contribution in [0.4, 0.5) is 0 Å². The summed E-state index contributed by atoms with van der Waals surface area (Å²) in [6, 6.07) is 0. The first-order valence-electron chi connectivity index (χ1n) is 3.05. The number of aromatic nitrogens is 2. The highest BCUT2D eigenvalue weighted by Crippen LogP contribution is 2.16. The molecule has 0 atom stereocenters. The summed E-state index contributed by atoms with van der Waals surface area (Å²) >= 11 is 8.95. The Morgan fingerprint density at radius 3 is 2.80 bits per heavy atom. The fraction of sp³-hybridized carbons (Fsp3) is 0.500. The van der Waals surface area contributed by atoms with Crippen molar-refractivity contribution in [1.29, 1.82) is 0 Å². The van der Waals surface area contributed by atoms with Crippen molar-refractivity contribution in [3.05, 3.63) is 16.4 Å². The van der Waals surface area contributed by atoms with Gasteiger partial charge in [0.05, 0.1) is 16.0 Å². The predicted octanol–water partition coefficient (Wildman–Crippen LogP) is 2.40. The molecule has 0 unspecified atom stereocenters. The molecular weight excluding hydrogens is 215 g/mol. The number of halogens is 2. The Morgan fingerprint density at radius 2 is 2.50 bits per heavy atom. The summed E-state index contributed by atoms with van der Waals surface area (Å²) in [7, 11) is 0. The minimum absolute atomic E-state index is 0.466. The highest BCUT2D eigenvalue weighted by Gasteiger charge is 2.02. The smallest absolute Gasteiger partial charge is 0.0914 e. The van der Waals surface area contributed by atoms with Crippen LogP contribution in [-0.2, 0) is 12.4 Å². The van der Waals surface area contributed by atoms with Gasteiger partial charge in [-0.1, -0.05) is 0 Å². The molecule has 1 aromatic heterocycles. The van der Waals surface area contributed by atoms with Gasteiger partial charge in [-0.25, -0.2) is 0 Å². The van der Waals surface area contributed by atoms with E-state index in [1.54, 1.807) is 0 Å². The van der Waals surface area contributed by atoms with Gasteiger partial charge in [-0.05, 0) is 22.9 Å². The van der Waals surface area contributed by atoms with E-state index in [0.717, 1.165) is 16.7 Å². The van der Waals surface area contributed by atoms with E-state index in [4.69, 9.17) is 11.6 Å². The van der Waals surface area contributed by atoms with Crippen LogP contribution in [0.1, 0.15) is 12.6 Å². The third kappa shape index (κ3) is 1.52. The average Bonchev–Trinajstić information content (AvgIpc) is 2.30. The first-order chi connectivity index (χ1) is 4.77. The van der Waals surface area contributed by atoms with Crippen molar-refractivity contribution in [3.8, 4) is 0 Å². The predicted molar refractivity (Wildman–Crippen MR) is 45.2 cm³/mol. The fourth-order valence-electron chi connectivity index (χ4n) is 0.690. The molecule has 0 amide bonds. The number of alkyl halides is 1. The van der Waals surface area contributed by atoms with Gasteiger partial charge in [0.2, 0.25) is 0 Å². The molecule has 0 radical (unpaired) electrons. The molecule has 4 heteroatoms. The lowest BCUT2D eigenvalue weighted by molar-refractivity contribution is 0.652. The zero-order chi connectivity index (χ0) is 7.56. The molecule has 0 saturated heterocycles. The molecule has 0 N–H and O–H groups in total. The number of rotatable bonds is 2. The van der Waals surface area contributed by atoms with Gasteiger partial charge in [0.15, 0.2) is 0 Å². The summed E-state index contributed by atoms with van der Waals surface area (Å²) in [5.41, 5.74) is 0.906. The highest BCUT2D eigenvalue weighted by atomic mass is 79.9. The average molecular weight is 224 g/mol. The molecule has 56 valence electrons. The van der Waals surface area contributed by atoms with Crippen LogP contribution in [0.3, 0.4) is 0 Å². The molecule has 0 aliphatic rings. The number of nitrogens with zero attached hydrogens (tertiary/aromatic N) is 2. The third-order valence-electron chi connectivity index (χ3n) is 1.24. The second-order valence-electron chi connectivity index (χ2n) is 1.91. The Bertz CT molecular complexity index is 222. The molecule has 0 aliphatic heterocycles. The highest BCUT2D eigenvalue weighted by molar-refractivity contribution is 9.10. The summed E-state index contributed by atoms with van der Waals surface area (Å²) in [6.07, 6.45) is 1.93. The lowest BCUT2D eigenvalue weighted by atomic mass is 10.5. The van der Waals surface area contributed by atoms with E-state index in [-0.39, 0.29) is 0 Å². The van der Waals surface area contributed by atoms with Gasteiger partial charge in [-0.2, -0.15) is 5.10 Å². The van der Waals surface area contributed by atoms with E-state index in [1.165, 1.54) is 0 Å². The molecular formula is C6H8BrClN2. The third-order valence-corrected chi connectivity index (χ3v) is 2.15. The van der Waals surface area contributed by atoms with Crippen LogP contribution >= 0.6 is 27.5 Å². The molecule has 1 heterocycles. The van der Waals surface area contributed by atoms with Crippen LogP contribution < -0.4 is 0 Å². The lowest BCUT2D eigenvalue weighted by Crippen LogP contribution is -1.94. The van der Waals surface area contributed by atoms with Gasteiger partial charge >= 0.3 is 0 Å². The Hall–Kier alpha value is -0.0200. The summed E-state index contributed by atoms with van der Waals surface area (Å²) in [4.78, 5) is 0. The van der Waals surface area contributed by atoms with Crippen LogP contribution in [0.15, 0.2) is 10.7 Å². The molecule has 0 saturated carbocycles. The van der Waals surface area contributed by atoms with Crippen molar-refractivity contribution in [1.82, 2.24) is 9.78 Å². The van der Waals surface area contributed by atoms with E-state index < -0.39 is 0 Å². The van der Waals surface area contributed by atoms with Crippen molar-refractivity contribution >= 4 is 27.5 Å². The minimum Gasteiger partial charge on any atom is -0.272 e. The van der Waals surface area contributed by atoms with Gasteiger partial charge in [-0.3, -0.25) is 4.68 Å². The lowest BCUT2D eigenvalue weighted by Gasteiger charge is -1.89. The van der Waals surface area contributed by atoms with Crippen LogP contribution in [0.5, 0.6) is 0 Å². The SMILES string of the molecule is CCn1cc(Br)c(CCl)n1. The van der Waals surface area contributed by atoms with Crippen molar-refractivity contribution in [2.24, 2.45) is 0 Å². The normalized spacial score (nSPS) is 10.3. The van der Waals surface area contributed by atoms with Gasteiger partial charge in [0.1, 0.15) is 0 Å². The molecule has 0 spiro atoms. The Labute approximate surface area is 73.3 Å². The maximum atomic E-state index is 5.60. The van der Waals surface area contributed by atoms with Gasteiger partial charge in [0, 0.05) is 12.7 Å². The van der Waals surface area contributed by atoms with Crippen LogP contribution in [-0.4, -0.2) is 9.78 Å². The van der Waals surface area contributed by atoms with E-state index in [1.807, 2.05) is 17.8 Å². The number of hydrogen-bond donors (Lipinski definition) is 0. The Morgan fingerprint density at radius 1 is 1.80 bits per heavy atom. The van der Waals surface area contributed by atoms with Gasteiger partial charge in [-0.15, -0.1) is 11.6 Å². The van der Waals surface area contributed by atoms with Gasteiger partial charge < -0.3 is 0 Å². The van der Waals surface area contributed by atoms with Crippen molar-refractivity contribution in [2.75, 3.05) is 0 Å².